The molecule has 0 aliphatic carbocycles. The summed E-state index contributed by atoms with van der Waals surface area (Å²) in [5.74, 6) is -0.221. The Balaban J connectivity index is 1.39. The number of aromatic amines is 1. The fourth-order valence-corrected chi connectivity index (χ4v) is 4.53. The summed E-state index contributed by atoms with van der Waals surface area (Å²) in [7, 11) is 1.58. The molecule has 172 valence electrons. The zero-order chi connectivity index (χ0) is 23.1. The molecule has 10 heteroatoms. The van der Waals surface area contributed by atoms with Crippen LogP contribution in [0.2, 0.25) is 0 Å². The second-order valence-electron chi connectivity index (χ2n) is 8.40. The number of piperazine rings is 1. The van der Waals surface area contributed by atoms with Crippen LogP contribution >= 0.6 is 0 Å². The summed E-state index contributed by atoms with van der Waals surface area (Å²) in [4.78, 5) is 39.3. The number of amides is 1. The standard InChI is InChI=1S/C23H25FN6O3/c1-13-22(31)28-21-18(27-13)9-19-16(20(21)24)12-30-7-6-29(11-15(30)5-8-33-19)14-3-4-17(26-10-14)23(32)25-2/h3-4,9-10,15H,5-8,11-12H2,1-2H3,(H,25,32)(H,28,31). The molecule has 1 fully saturated rings. The number of carbonyl (C=O) groups is 1. The Kier molecular flexibility index (Phi) is 5.45. The van der Waals surface area contributed by atoms with E-state index in [1.807, 2.05) is 6.07 Å². The van der Waals surface area contributed by atoms with Crippen molar-refractivity contribution >= 4 is 22.6 Å². The van der Waals surface area contributed by atoms with Crippen LogP contribution in [0.3, 0.4) is 0 Å². The summed E-state index contributed by atoms with van der Waals surface area (Å²) in [6.07, 6.45) is 2.50. The van der Waals surface area contributed by atoms with Gasteiger partial charge in [0.1, 0.15) is 22.7 Å². The molecule has 1 amide bonds. The van der Waals surface area contributed by atoms with E-state index in [1.54, 1.807) is 32.3 Å². The second kappa shape index (κ2) is 8.43. The molecule has 1 aromatic carbocycles. The minimum absolute atomic E-state index is 0.117. The highest BCUT2D eigenvalue weighted by atomic mass is 19.1. The number of halogens is 1. The molecule has 2 aromatic heterocycles. The number of nitrogens with zero attached hydrogens (tertiary/aromatic N) is 4. The number of rotatable bonds is 2. The van der Waals surface area contributed by atoms with E-state index in [0.29, 0.717) is 41.4 Å². The van der Waals surface area contributed by atoms with Crippen LogP contribution < -0.4 is 20.5 Å². The third-order valence-electron chi connectivity index (χ3n) is 6.41. The van der Waals surface area contributed by atoms with E-state index in [0.717, 1.165) is 31.7 Å². The SMILES string of the molecule is CNC(=O)c1ccc(N2CCN3Cc4c(cc5nc(C)c(=O)[nH]c5c4F)OCCC3C2)cn1. The molecule has 1 saturated heterocycles. The summed E-state index contributed by atoms with van der Waals surface area (Å²) in [6.45, 7) is 4.66. The van der Waals surface area contributed by atoms with Crippen LogP contribution in [0.4, 0.5) is 10.1 Å². The summed E-state index contributed by atoms with van der Waals surface area (Å²) in [5.41, 5.74) is 2.17. The number of fused-ring (bicyclic) bond motifs is 3. The van der Waals surface area contributed by atoms with E-state index in [4.69, 9.17) is 4.74 Å². The van der Waals surface area contributed by atoms with Gasteiger partial charge < -0.3 is 19.9 Å². The van der Waals surface area contributed by atoms with Crippen LogP contribution in [0.1, 0.15) is 28.2 Å². The molecular formula is C23H25FN6O3. The Morgan fingerprint density at radius 2 is 2.18 bits per heavy atom. The molecule has 3 aromatic rings. The van der Waals surface area contributed by atoms with Gasteiger partial charge in [-0.25, -0.2) is 14.4 Å². The third-order valence-corrected chi connectivity index (χ3v) is 6.41. The van der Waals surface area contributed by atoms with E-state index in [2.05, 4.69) is 30.1 Å². The monoisotopic (exact) mass is 452 g/mol. The van der Waals surface area contributed by atoms with Gasteiger partial charge in [0.05, 0.1) is 24.0 Å². The average molecular weight is 452 g/mol. The van der Waals surface area contributed by atoms with E-state index < -0.39 is 11.4 Å². The maximum absolute atomic E-state index is 15.4. The van der Waals surface area contributed by atoms with Gasteiger partial charge in [-0.1, -0.05) is 0 Å². The lowest BCUT2D eigenvalue weighted by molar-refractivity contribution is 0.0958. The summed E-state index contributed by atoms with van der Waals surface area (Å²) in [6, 6.07) is 5.50. The molecule has 2 N–H and O–H groups in total. The molecule has 33 heavy (non-hydrogen) atoms. The van der Waals surface area contributed by atoms with Crippen molar-refractivity contribution in [2.45, 2.75) is 25.9 Å². The van der Waals surface area contributed by atoms with Crippen molar-refractivity contribution in [1.82, 2.24) is 25.2 Å². The predicted molar refractivity (Wildman–Crippen MR) is 121 cm³/mol. The van der Waals surface area contributed by atoms with E-state index >= 15 is 4.39 Å². The van der Waals surface area contributed by atoms with Gasteiger partial charge in [-0.15, -0.1) is 0 Å². The minimum atomic E-state index is -0.482. The molecule has 2 aliphatic heterocycles. The van der Waals surface area contributed by atoms with Crippen molar-refractivity contribution in [3.8, 4) is 5.75 Å². The largest absolute Gasteiger partial charge is 0.493 e. The van der Waals surface area contributed by atoms with Crippen LogP contribution in [0.25, 0.3) is 11.0 Å². The number of anilines is 1. The summed E-state index contributed by atoms with van der Waals surface area (Å²) >= 11 is 0. The van der Waals surface area contributed by atoms with E-state index in [9.17, 15) is 9.59 Å². The topological polar surface area (TPSA) is 103 Å². The quantitative estimate of drug-likeness (QED) is 0.609. The highest BCUT2D eigenvalue weighted by molar-refractivity contribution is 5.92. The molecule has 4 heterocycles. The first-order valence-electron chi connectivity index (χ1n) is 11.0. The number of ether oxygens (including phenoxy) is 1. The zero-order valence-electron chi connectivity index (χ0n) is 18.5. The third kappa shape index (κ3) is 3.91. The van der Waals surface area contributed by atoms with Gasteiger partial charge in [0.25, 0.3) is 11.5 Å². The Morgan fingerprint density at radius 1 is 1.33 bits per heavy atom. The number of aryl methyl sites for hydroxylation is 1. The smallest absolute Gasteiger partial charge is 0.269 e. The molecule has 0 radical (unpaired) electrons. The first kappa shape index (κ1) is 21.3. The Bertz CT molecular complexity index is 1280. The summed E-state index contributed by atoms with van der Waals surface area (Å²) < 4.78 is 21.4. The number of benzene rings is 1. The molecule has 2 aliphatic rings. The number of hydrogen-bond acceptors (Lipinski definition) is 7. The van der Waals surface area contributed by atoms with E-state index in [-0.39, 0.29) is 17.5 Å². The minimum Gasteiger partial charge on any atom is -0.493 e. The number of hydrogen-bond donors (Lipinski definition) is 2. The lowest BCUT2D eigenvalue weighted by atomic mass is 10.0. The first-order chi connectivity index (χ1) is 15.9. The lowest BCUT2D eigenvalue weighted by Crippen LogP contribution is -2.53. The van der Waals surface area contributed by atoms with E-state index in [1.165, 1.54) is 0 Å². The van der Waals surface area contributed by atoms with Gasteiger partial charge in [-0.3, -0.25) is 14.5 Å². The fraction of sp³-hybridized carbons (Fsp3) is 0.391. The highest BCUT2D eigenvalue weighted by Crippen LogP contribution is 2.33. The predicted octanol–water partition coefficient (Wildman–Crippen LogP) is 1.60. The molecule has 0 saturated carbocycles. The maximum atomic E-state index is 15.4. The molecule has 0 spiro atoms. The number of nitrogens with one attached hydrogen (secondary N) is 2. The van der Waals surface area contributed by atoms with Gasteiger partial charge >= 0.3 is 0 Å². The van der Waals surface area contributed by atoms with Gasteiger partial charge in [0.2, 0.25) is 0 Å². The van der Waals surface area contributed by atoms with Crippen LogP contribution in [0, 0.1) is 12.7 Å². The first-order valence-corrected chi connectivity index (χ1v) is 11.0. The number of carbonyl (C=O) groups excluding carboxylic acids is 1. The number of pyridine rings is 1. The summed E-state index contributed by atoms with van der Waals surface area (Å²) in [5, 5.41) is 2.57. The Hall–Kier alpha value is -3.53. The highest BCUT2D eigenvalue weighted by Gasteiger charge is 2.31. The van der Waals surface area contributed by atoms with Crippen LogP contribution in [0.5, 0.6) is 5.75 Å². The fourth-order valence-electron chi connectivity index (χ4n) is 4.53. The van der Waals surface area contributed by atoms with Crippen molar-refractivity contribution in [1.29, 1.82) is 0 Å². The van der Waals surface area contributed by atoms with Crippen LogP contribution in [0.15, 0.2) is 29.2 Å². The van der Waals surface area contributed by atoms with Crippen molar-refractivity contribution in [2.24, 2.45) is 0 Å². The van der Waals surface area contributed by atoms with Crippen molar-refractivity contribution < 1.29 is 13.9 Å². The molecule has 9 nitrogen and oxygen atoms in total. The number of aromatic nitrogens is 3. The second-order valence-corrected chi connectivity index (χ2v) is 8.40. The molecule has 0 bridgehead atoms. The molecule has 1 atom stereocenters. The van der Waals surface area contributed by atoms with Gasteiger partial charge in [0.15, 0.2) is 5.82 Å². The van der Waals surface area contributed by atoms with Crippen molar-refractivity contribution in [3.05, 3.63) is 57.5 Å². The lowest BCUT2D eigenvalue weighted by Gasteiger charge is -2.43. The van der Waals surface area contributed by atoms with Crippen molar-refractivity contribution in [3.63, 3.8) is 0 Å². The number of H-pyrrole nitrogens is 1. The van der Waals surface area contributed by atoms with Gasteiger partial charge in [-0.2, -0.15) is 0 Å². The Morgan fingerprint density at radius 3 is 2.94 bits per heavy atom. The maximum Gasteiger partial charge on any atom is 0.269 e. The normalized spacial score (nSPS) is 18.6. The van der Waals surface area contributed by atoms with Crippen LogP contribution in [-0.2, 0) is 6.54 Å². The Labute approximate surface area is 189 Å². The average Bonchev–Trinajstić information content (AvgIpc) is 2.81. The van der Waals surface area contributed by atoms with Crippen molar-refractivity contribution in [2.75, 3.05) is 38.2 Å². The van der Waals surface area contributed by atoms with Gasteiger partial charge in [-0.05, 0) is 25.5 Å². The molecule has 5 rings (SSSR count). The van der Waals surface area contributed by atoms with Gasteiger partial charge in [0, 0.05) is 50.9 Å². The van der Waals surface area contributed by atoms with Crippen LogP contribution in [-0.4, -0.2) is 65.1 Å². The molecular weight excluding hydrogens is 427 g/mol. The zero-order valence-corrected chi connectivity index (χ0v) is 18.5. The molecule has 1 unspecified atom stereocenters.